The van der Waals surface area contributed by atoms with E-state index >= 15 is 0 Å². The molecule has 0 spiro atoms. The fourth-order valence-corrected chi connectivity index (χ4v) is 3.31. The average molecular weight is 502 g/mol. The van der Waals surface area contributed by atoms with Crippen LogP contribution in [-0.4, -0.2) is 29.3 Å². The van der Waals surface area contributed by atoms with Gasteiger partial charge in [0, 0.05) is 36.8 Å². The second-order valence-corrected chi connectivity index (χ2v) is 7.89. The van der Waals surface area contributed by atoms with Gasteiger partial charge in [-0.25, -0.2) is 24.6 Å². The lowest BCUT2D eigenvalue weighted by atomic mass is 10.1. The molecule has 0 saturated heterocycles. The Balaban J connectivity index is 1.94. The molecule has 3 heterocycles. The summed E-state index contributed by atoms with van der Waals surface area (Å²) in [6.45, 7) is 1.88. The van der Waals surface area contributed by atoms with Gasteiger partial charge in [0.2, 0.25) is 5.95 Å². The van der Waals surface area contributed by atoms with Gasteiger partial charge in [-0.1, -0.05) is 30.3 Å². The fourth-order valence-electron chi connectivity index (χ4n) is 2.90. The quantitative estimate of drug-likeness (QED) is 0.426. The number of benzene rings is 1. The van der Waals surface area contributed by atoms with Crippen molar-refractivity contribution < 1.29 is 0 Å². The Labute approximate surface area is 177 Å². The van der Waals surface area contributed by atoms with Crippen LogP contribution in [0.15, 0.2) is 68.9 Å². The lowest BCUT2D eigenvalue weighted by Gasteiger charge is -2.10. The Kier molecular flexibility index (Phi) is 5.19. The van der Waals surface area contributed by atoms with Crippen LogP contribution in [-0.2, 0) is 6.42 Å². The van der Waals surface area contributed by atoms with Crippen LogP contribution in [0.3, 0.4) is 0 Å². The highest BCUT2D eigenvalue weighted by Crippen LogP contribution is 2.17. The van der Waals surface area contributed by atoms with Crippen molar-refractivity contribution in [2.24, 2.45) is 0 Å². The number of halogens is 2. The third-order valence-corrected chi connectivity index (χ3v) is 5.04. The summed E-state index contributed by atoms with van der Waals surface area (Å²) in [5.74, 6) is 0.616. The van der Waals surface area contributed by atoms with Crippen LogP contribution in [0.1, 0.15) is 16.8 Å². The third kappa shape index (κ3) is 3.55. The molecule has 1 aromatic carbocycles. The standard InChI is InChI=1S/C19H14Br2N6O/c1-12-16(7-13-5-3-2-4-6-13)17(28)27(19-24-10-15(21)11-25-19)26(12)18-22-8-14(20)9-23-18/h2-6,8-11H,7H2,1H3. The Hall–Kier alpha value is -2.65. The van der Waals surface area contributed by atoms with Crippen LogP contribution in [0.4, 0.5) is 0 Å². The topological polar surface area (TPSA) is 78.5 Å². The maximum Gasteiger partial charge on any atom is 0.278 e. The van der Waals surface area contributed by atoms with Crippen molar-refractivity contribution in [2.45, 2.75) is 13.3 Å². The number of aromatic nitrogens is 6. The Bertz CT molecular complexity index is 1170. The summed E-state index contributed by atoms with van der Waals surface area (Å²) in [7, 11) is 0. The zero-order valence-electron chi connectivity index (χ0n) is 14.8. The van der Waals surface area contributed by atoms with Crippen LogP contribution < -0.4 is 5.56 Å². The molecule has 140 valence electrons. The van der Waals surface area contributed by atoms with Gasteiger partial charge in [-0.2, -0.15) is 4.68 Å². The maximum atomic E-state index is 13.3. The summed E-state index contributed by atoms with van der Waals surface area (Å²) in [6, 6.07) is 9.84. The summed E-state index contributed by atoms with van der Waals surface area (Å²) in [5, 5.41) is 0. The summed E-state index contributed by atoms with van der Waals surface area (Å²) in [4.78, 5) is 30.6. The minimum atomic E-state index is -0.199. The number of hydrogen-bond acceptors (Lipinski definition) is 5. The molecule has 0 aliphatic rings. The summed E-state index contributed by atoms with van der Waals surface area (Å²) in [6.07, 6.45) is 6.96. The fraction of sp³-hybridized carbons (Fsp3) is 0.105. The van der Waals surface area contributed by atoms with Crippen molar-refractivity contribution in [3.63, 3.8) is 0 Å². The SMILES string of the molecule is Cc1c(Cc2ccccc2)c(=O)n(-c2ncc(Br)cn2)n1-c1ncc(Br)cn1. The van der Waals surface area contributed by atoms with Gasteiger partial charge in [-0.15, -0.1) is 0 Å². The van der Waals surface area contributed by atoms with E-state index in [4.69, 9.17) is 0 Å². The molecule has 0 amide bonds. The van der Waals surface area contributed by atoms with Crippen molar-refractivity contribution in [3.05, 3.63) is 91.2 Å². The molecule has 0 bridgehead atoms. The molecule has 0 saturated carbocycles. The van der Waals surface area contributed by atoms with Gasteiger partial charge < -0.3 is 0 Å². The van der Waals surface area contributed by atoms with Crippen LogP contribution in [0, 0.1) is 6.92 Å². The second kappa shape index (κ2) is 7.76. The highest BCUT2D eigenvalue weighted by molar-refractivity contribution is 9.10. The molecule has 4 rings (SSSR count). The molecule has 0 aliphatic heterocycles. The smallest absolute Gasteiger partial charge is 0.267 e. The molecule has 0 unspecified atom stereocenters. The highest BCUT2D eigenvalue weighted by atomic mass is 79.9. The third-order valence-electron chi connectivity index (χ3n) is 4.22. The van der Waals surface area contributed by atoms with Gasteiger partial charge in [0.05, 0.1) is 14.6 Å². The highest BCUT2D eigenvalue weighted by Gasteiger charge is 2.22. The van der Waals surface area contributed by atoms with E-state index in [1.54, 1.807) is 29.5 Å². The first-order chi connectivity index (χ1) is 13.5. The normalized spacial score (nSPS) is 11.0. The van der Waals surface area contributed by atoms with Gasteiger partial charge in [0.1, 0.15) is 0 Å². The Morgan fingerprint density at radius 2 is 1.32 bits per heavy atom. The molecule has 28 heavy (non-hydrogen) atoms. The summed E-state index contributed by atoms with van der Waals surface area (Å²) < 4.78 is 4.53. The number of hydrogen-bond donors (Lipinski definition) is 0. The number of nitrogens with zero attached hydrogens (tertiary/aromatic N) is 6. The lowest BCUT2D eigenvalue weighted by molar-refractivity contribution is 0.643. The van der Waals surface area contributed by atoms with Crippen LogP contribution in [0.5, 0.6) is 0 Å². The number of rotatable bonds is 4. The molecule has 3 aromatic heterocycles. The molecule has 0 radical (unpaired) electrons. The van der Waals surface area contributed by atoms with Crippen molar-refractivity contribution in [2.75, 3.05) is 0 Å². The van der Waals surface area contributed by atoms with E-state index in [1.807, 2.05) is 37.3 Å². The molecule has 0 fully saturated rings. The van der Waals surface area contributed by atoms with E-state index < -0.39 is 0 Å². The summed E-state index contributed by atoms with van der Waals surface area (Å²) >= 11 is 6.66. The Morgan fingerprint density at radius 1 is 0.821 bits per heavy atom. The first kappa shape index (κ1) is 18.7. The minimum Gasteiger partial charge on any atom is -0.267 e. The largest absolute Gasteiger partial charge is 0.278 e. The first-order valence-corrected chi connectivity index (χ1v) is 9.96. The van der Waals surface area contributed by atoms with E-state index in [-0.39, 0.29) is 11.5 Å². The van der Waals surface area contributed by atoms with Crippen molar-refractivity contribution in [3.8, 4) is 11.9 Å². The van der Waals surface area contributed by atoms with Crippen molar-refractivity contribution >= 4 is 31.9 Å². The zero-order chi connectivity index (χ0) is 19.7. The summed E-state index contributed by atoms with van der Waals surface area (Å²) in [5.41, 5.74) is 2.22. The predicted octanol–water partition coefficient (Wildman–Crippen LogP) is 3.63. The van der Waals surface area contributed by atoms with E-state index in [1.165, 1.54) is 4.68 Å². The minimum absolute atomic E-state index is 0.199. The molecule has 0 N–H and O–H groups in total. The molecule has 0 aliphatic carbocycles. The monoisotopic (exact) mass is 500 g/mol. The molecule has 0 atom stereocenters. The Morgan fingerprint density at radius 3 is 1.86 bits per heavy atom. The van der Waals surface area contributed by atoms with Gasteiger partial charge in [-0.05, 0) is 44.3 Å². The van der Waals surface area contributed by atoms with Crippen LogP contribution in [0.25, 0.3) is 11.9 Å². The second-order valence-electron chi connectivity index (χ2n) is 6.06. The molecular weight excluding hydrogens is 488 g/mol. The maximum absolute atomic E-state index is 13.3. The molecular formula is C19H14Br2N6O. The zero-order valence-corrected chi connectivity index (χ0v) is 17.9. The van der Waals surface area contributed by atoms with Gasteiger partial charge >= 0.3 is 0 Å². The van der Waals surface area contributed by atoms with Crippen molar-refractivity contribution in [1.82, 2.24) is 29.3 Å². The van der Waals surface area contributed by atoms with E-state index in [0.29, 0.717) is 17.9 Å². The van der Waals surface area contributed by atoms with Gasteiger partial charge in [0.15, 0.2) is 0 Å². The van der Waals surface area contributed by atoms with Crippen LogP contribution in [0.2, 0.25) is 0 Å². The van der Waals surface area contributed by atoms with E-state index in [9.17, 15) is 4.79 Å². The molecule has 9 heteroatoms. The van der Waals surface area contributed by atoms with Crippen LogP contribution >= 0.6 is 31.9 Å². The molecule has 7 nitrogen and oxygen atoms in total. The lowest BCUT2D eigenvalue weighted by Crippen LogP contribution is -2.24. The van der Waals surface area contributed by atoms with E-state index in [2.05, 4.69) is 51.8 Å². The first-order valence-electron chi connectivity index (χ1n) is 8.38. The van der Waals surface area contributed by atoms with Gasteiger partial charge in [-0.3, -0.25) is 4.79 Å². The average Bonchev–Trinajstić information content (AvgIpc) is 2.95. The van der Waals surface area contributed by atoms with Gasteiger partial charge in [0.25, 0.3) is 11.5 Å². The molecule has 4 aromatic rings. The van der Waals surface area contributed by atoms with E-state index in [0.717, 1.165) is 20.2 Å². The predicted molar refractivity (Wildman–Crippen MR) is 112 cm³/mol. The van der Waals surface area contributed by atoms with Crippen molar-refractivity contribution in [1.29, 1.82) is 0 Å².